The van der Waals surface area contributed by atoms with Gasteiger partial charge in [0.05, 0.1) is 11.1 Å². The predicted octanol–water partition coefficient (Wildman–Crippen LogP) is 2.64. The SMILES string of the molecule is CCCc1cn(CCCN)c2c(C(=O)O)cccc12. The molecule has 102 valence electrons. The third-order valence-electron chi connectivity index (χ3n) is 3.33. The summed E-state index contributed by atoms with van der Waals surface area (Å²) >= 11 is 0. The van der Waals surface area contributed by atoms with Gasteiger partial charge in [-0.1, -0.05) is 25.5 Å². The third-order valence-corrected chi connectivity index (χ3v) is 3.33. The lowest BCUT2D eigenvalue weighted by atomic mass is 10.1. The number of carboxylic acid groups (broad SMARTS) is 1. The Bertz CT molecular complexity index is 587. The standard InChI is InChI=1S/C15H20N2O2/c1-2-5-11-10-17(9-4-8-16)14-12(11)6-3-7-13(14)15(18)19/h3,6-7,10H,2,4-5,8-9,16H2,1H3,(H,18,19). The second-order valence-corrected chi connectivity index (χ2v) is 4.75. The zero-order valence-corrected chi connectivity index (χ0v) is 11.2. The molecule has 4 nitrogen and oxygen atoms in total. The maximum Gasteiger partial charge on any atom is 0.337 e. The van der Waals surface area contributed by atoms with Crippen molar-refractivity contribution in [3.63, 3.8) is 0 Å². The van der Waals surface area contributed by atoms with E-state index in [9.17, 15) is 9.90 Å². The van der Waals surface area contributed by atoms with E-state index in [0.29, 0.717) is 12.1 Å². The number of carboxylic acids is 1. The molecule has 0 atom stereocenters. The summed E-state index contributed by atoms with van der Waals surface area (Å²) in [6.45, 7) is 3.50. The molecule has 3 N–H and O–H groups in total. The van der Waals surface area contributed by atoms with E-state index >= 15 is 0 Å². The summed E-state index contributed by atoms with van der Waals surface area (Å²) < 4.78 is 2.04. The maximum atomic E-state index is 11.4. The van der Waals surface area contributed by atoms with Crippen LogP contribution in [0.1, 0.15) is 35.7 Å². The molecule has 0 fully saturated rings. The van der Waals surface area contributed by atoms with E-state index in [1.54, 1.807) is 6.07 Å². The van der Waals surface area contributed by atoms with Gasteiger partial charge in [-0.3, -0.25) is 0 Å². The van der Waals surface area contributed by atoms with Crippen LogP contribution in [0.25, 0.3) is 10.9 Å². The fourth-order valence-electron chi connectivity index (χ4n) is 2.51. The van der Waals surface area contributed by atoms with Crippen LogP contribution in [0.2, 0.25) is 0 Å². The normalized spacial score (nSPS) is 11.1. The number of hydrogen-bond acceptors (Lipinski definition) is 2. The summed E-state index contributed by atoms with van der Waals surface area (Å²) in [4.78, 5) is 11.4. The molecule has 0 aliphatic carbocycles. The monoisotopic (exact) mass is 260 g/mol. The first-order valence-electron chi connectivity index (χ1n) is 6.73. The fourth-order valence-corrected chi connectivity index (χ4v) is 2.51. The number of nitrogens with zero attached hydrogens (tertiary/aromatic N) is 1. The molecule has 2 aromatic rings. The van der Waals surface area contributed by atoms with Crippen LogP contribution in [0.4, 0.5) is 0 Å². The van der Waals surface area contributed by atoms with Crippen LogP contribution in [-0.4, -0.2) is 22.2 Å². The second kappa shape index (κ2) is 5.89. The first-order chi connectivity index (χ1) is 9.19. The number of aromatic carboxylic acids is 1. The third kappa shape index (κ3) is 2.63. The summed E-state index contributed by atoms with van der Waals surface area (Å²) in [6, 6.07) is 5.49. The van der Waals surface area contributed by atoms with Gasteiger partial charge in [0.25, 0.3) is 0 Å². The highest BCUT2D eigenvalue weighted by molar-refractivity contribution is 6.03. The Hall–Kier alpha value is -1.81. The number of benzene rings is 1. The minimum atomic E-state index is -0.874. The molecule has 0 amide bonds. The highest BCUT2D eigenvalue weighted by atomic mass is 16.4. The van der Waals surface area contributed by atoms with Crippen LogP contribution < -0.4 is 5.73 Å². The van der Waals surface area contributed by atoms with Crippen LogP contribution in [-0.2, 0) is 13.0 Å². The van der Waals surface area contributed by atoms with E-state index < -0.39 is 5.97 Å². The van der Waals surface area contributed by atoms with Gasteiger partial charge < -0.3 is 15.4 Å². The number of fused-ring (bicyclic) bond motifs is 1. The lowest BCUT2D eigenvalue weighted by Gasteiger charge is -2.06. The van der Waals surface area contributed by atoms with Gasteiger partial charge in [-0.15, -0.1) is 0 Å². The van der Waals surface area contributed by atoms with E-state index in [2.05, 4.69) is 13.1 Å². The quantitative estimate of drug-likeness (QED) is 0.839. The number of hydrogen-bond donors (Lipinski definition) is 2. The molecule has 4 heteroatoms. The van der Waals surface area contributed by atoms with E-state index in [0.717, 1.165) is 36.7 Å². The van der Waals surface area contributed by atoms with E-state index in [1.165, 1.54) is 5.56 Å². The van der Waals surface area contributed by atoms with Crippen molar-refractivity contribution in [1.82, 2.24) is 4.57 Å². The minimum absolute atomic E-state index is 0.372. The molecule has 0 unspecified atom stereocenters. The average Bonchev–Trinajstić information content (AvgIpc) is 2.75. The number of rotatable bonds is 6. The maximum absolute atomic E-state index is 11.4. The molecular formula is C15H20N2O2. The van der Waals surface area contributed by atoms with Crippen molar-refractivity contribution in [2.45, 2.75) is 32.7 Å². The Labute approximate surface area is 112 Å². The molecule has 19 heavy (non-hydrogen) atoms. The van der Waals surface area contributed by atoms with Gasteiger partial charge in [0.15, 0.2) is 0 Å². The van der Waals surface area contributed by atoms with Crippen LogP contribution in [0, 0.1) is 0 Å². The number of aromatic nitrogens is 1. The molecular weight excluding hydrogens is 240 g/mol. The average molecular weight is 260 g/mol. The minimum Gasteiger partial charge on any atom is -0.478 e. The summed E-state index contributed by atoms with van der Waals surface area (Å²) in [7, 11) is 0. The molecule has 1 aromatic heterocycles. The van der Waals surface area contributed by atoms with Gasteiger partial charge in [0.2, 0.25) is 0 Å². The zero-order chi connectivity index (χ0) is 13.8. The molecule has 1 aromatic carbocycles. The number of aryl methyl sites for hydroxylation is 2. The highest BCUT2D eigenvalue weighted by Crippen LogP contribution is 2.26. The summed E-state index contributed by atoms with van der Waals surface area (Å²) in [5, 5.41) is 10.4. The highest BCUT2D eigenvalue weighted by Gasteiger charge is 2.15. The van der Waals surface area contributed by atoms with Crippen molar-refractivity contribution < 1.29 is 9.90 Å². The predicted molar refractivity (Wildman–Crippen MR) is 76.6 cm³/mol. The Morgan fingerprint density at radius 3 is 2.84 bits per heavy atom. The smallest absolute Gasteiger partial charge is 0.337 e. The van der Waals surface area contributed by atoms with Crippen molar-refractivity contribution in [1.29, 1.82) is 0 Å². The topological polar surface area (TPSA) is 68.2 Å². The van der Waals surface area contributed by atoms with E-state index in [-0.39, 0.29) is 0 Å². The lowest BCUT2D eigenvalue weighted by molar-refractivity contribution is 0.0698. The summed E-state index contributed by atoms with van der Waals surface area (Å²) in [6.07, 6.45) is 4.95. The molecule has 1 heterocycles. The molecule has 0 aliphatic rings. The van der Waals surface area contributed by atoms with Gasteiger partial charge in [0, 0.05) is 18.1 Å². The summed E-state index contributed by atoms with van der Waals surface area (Å²) in [5.41, 5.74) is 7.97. The Morgan fingerprint density at radius 2 is 2.21 bits per heavy atom. The van der Waals surface area contributed by atoms with Crippen LogP contribution in [0.5, 0.6) is 0 Å². The van der Waals surface area contributed by atoms with Crippen molar-refractivity contribution >= 4 is 16.9 Å². The Balaban J connectivity index is 2.61. The molecule has 0 radical (unpaired) electrons. The second-order valence-electron chi connectivity index (χ2n) is 4.75. The lowest BCUT2D eigenvalue weighted by Crippen LogP contribution is -2.07. The number of para-hydroxylation sites is 1. The molecule has 0 bridgehead atoms. The van der Waals surface area contributed by atoms with Crippen LogP contribution >= 0.6 is 0 Å². The molecule has 0 saturated heterocycles. The molecule has 2 rings (SSSR count). The molecule has 0 spiro atoms. The Morgan fingerprint density at radius 1 is 1.42 bits per heavy atom. The first kappa shape index (κ1) is 13.6. The Kier molecular flexibility index (Phi) is 4.22. The number of carbonyl (C=O) groups is 1. The van der Waals surface area contributed by atoms with Gasteiger partial charge >= 0.3 is 5.97 Å². The van der Waals surface area contributed by atoms with Crippen LogP contribution in [0.3, 0.4) is 0 Å². The van der Waals surface area contributed by atoms with E-state index in [1.807, 2.05) is 16.7 Å². The van der Waals surface area contributed by atoms with Gasteiger partial charge in [-0.05, 0) is 31.0 Å². The van der Waals surface area contributed by atoms with Gasteiger partial charge in [-0.2, -0.15) is 0 Å². The molecule has 0 saturated carbocycles. The van der Waals surface area contributed by atoms with E-state index in [4.69, 9.17) is 5.73 Å². The van der Waals surface area contributed by atoms with Gasteiger partial charge in [-0.25, -0.2) is 4.79 Å². The van der Waals surface area contributed by atoms with Crippen LogP contribution in [0.15, 0.2) is 24.4 Å². The number of nitrogens with two attached hydrogens (primary N) is 1. The first-order valence-corrected chi connectivity index (χ1v) is 6.73. The summed E-state index contributed by atoms with van der Waals surface area (Å²) in [5.74, 6) is -0.874. The van der Waals surface area contributed by atoms with Crippen molar-refractivity contribution in [2.75, 3.05) is 6.54 Å². The molecule has 0 aliphatic heterocycles. The van der Waals surface area contributed by atoms with Crippen molar-refractivity contribution in [3.8, 4) is 0 Å². The van der Waals surface area contributed by atoms with Crippen molar-refractivity contribution in [2.24, 2.45) is 5.73 Å². The van der Waals surface area contributed by atoms with Crippen molar-refractivity contribution in [3.05, 3.63) is 35.5 Å². The fraction of sp³-hybridized carbons (Fsp3) is 0.400. The largest absolute Gasteiger partial charge is 0.478 e. The van der Waals surface area contributed by atoms with Gasteiger partial charge in [0.1, 0.15) is 0 Å². The zero-order valence-electron chi connectivity index (χ0n) is 11.2.